The van der Waals surface area contributed by atoms with E-state index in [4.69, 9.17) is 0 Å². The van der Waals surface area contributed by atoms with Crippen LogP contribution in [0.4, 0.5) is 17.6 Å². The molecule has 0 atom stereocenters. The zero-order valence-electron chi connectivity index (χ0n) is 15.7. The number of rotatable bonds is 3. The Morgan fingerprint density at radius 1 is 0.926 bits per heavy atom. The predicted octanol–water partition coefficient (Wildman–Crippen LogP) is 6.79. The minimum Gasteiger partial charge on any atom is -0.248 e. The highest BCUT2D eigenvalue weighted by Gasteiger charge is 2.47. The molecular formula is C22H21F4N. The zero-order chi connectivity index (χ0) is 20.0. The van der Waals surface area contributed by atoms with Crippen molar-refractivity contribution in [3.63, 3.8) is 0 Å². The largest absolute Gasteiger partial charge is 0.394 e. The molecule has 0 aliphatic heterocycles. The Bertz CT molecular complexity index is 983. The molecule has 27 heavy (non-hydrogen) atoms. The highest BCUT2D eigenvalue weighted by molar-refractivity contribution is 5.85. The lowest BCUT2D eigenvalue weighted by Crippen LogP contribution is -2.34. The molecule has 0 bridgehead atoms. The van der Waals surface area contributed by atoms with Crippen LogP contribution < -0.4 is 0 Å². The number of aryl methyl sites for hydroxylation is 2. The average Bonchev–Trinajstić information content (AvgIpc) is 2.52. The van der Waals surface area contributed by atoms with Crippen molar-refractivity contribution in [2.75, 3.05) is 0 Å². The molecule has 0 spiro atoms. The van der Waals surface area contributed by atoms with Crippen molar-refractivity contribution in [1.29, 1.82) is 0 Å². The molecule has 0 radical (unpaired) electrons. The smallest absolute Gasteiger partial charge is 0.248 e. The number of aromatic nitrogens is 1. The summed E-state index contributed by atoms with van der Waals surface area (Å²) >= 11 is 0. The molecule has 0 fully saturated rings. The lowest BCUT2D eigenvalue weighted by Gasteiger charge is -2.28. The summed E-state index contributed by atoms with van der Waals surface area (Å²) in [4.78, 5) is 4.52. The molecule has 5 heteroatoms. The van der Waals surface area contributed by atoms with Crippen LogP contribution in [-0.4, -0.2) is 11.2 Å². The molecule has 2 aromatic carbocycles. The van der Waals surface area contributed by atoms with Gasteiger partial charge < -0.3 is 0 Å². The Hall–Kier alpha value is -2.43. The summed E-state index contributed by atoms with van der Waals surface area (Å²) in [7, 11) is 0. The van der Waals surface area contributed by atoms with Crippen molar-refractivity contribution >= 4 is 10.9 Å². The third-order valence-electron chi connectivity index (χ3n) is 4.79. The topological polar surface area (TPSA) is 12.9 Å². The third kappa shape index (κ3) is 3.82. The fourth-order valence-electron chi connectivity index (χ4n) is 3.30. The number of pyridine rings is 1. The number of benzene rings is 2. The van der Waals surface area contributed by atoms with Gasteiger partial charge in [0, 0.05) is 17.0 Å². The number of fused-ring (bicyclic) bond motifs is 1. The first-order valence-corrected chi connectivity index (χ1v) is 8.71. The van der Waals surface area contributed by atoms with Crippen LogP contribution in [0.5, 0.6) is 0 Å². The molecular weight excluding hydrogens is 354 g/mol. The highest BCUT2D eigenvalue weighted by Crippen LogP contribution is 2.41. The van der Waals surface area contributed by atoms with Crippen molar-refractivity contribution in [2.24, 2.45) is 5.41 Å². The zero-order valence-corrected chi connectivity index (χ0v) is 15.7. The van der Waals surface area contributed by atoms with E-state index >= 15 is 0 Å². The van der Waals surface area contributed by atoms with E-state index in [0.717, 1.165) is 30.5 Å². The molecule has 0 N–H and O–H groups in total. The van der Waals surface area contributed by atoms with Gasteiger partial charge in [-0.05, 0) is 44.0 Å². The van der Waals surface area contributed by atoms with Crippen LogP contribution in [0.15, 0.2) is 42.5 Å². The van der Waals surface area contributed by atoms with Crippen LogP contribution in [0.3, 0.4) is 0 Å². The second-order valence-corrected chi connectivity index (χ2v) is 7.74. The molecule has 0 aliphatic rings. The van der Waals surface area contributed by atoms with E-state index in [1.54, 1.807) is 12.1 Å². The van der Waals surface area contributed by atoms with Gasteiger partial charge in [-0.3, -0.25) is 0 Å². The molecule has 0 saturated carbocycles. The molecule has 1 nitrogen and oxygen atoms in total. The monoisotopic (exact) mass is 375 g/mol. The maximum Gasteiger partial charge on any atom is 0.394 e. The summed E-state index contributed by atoms with van der Waals surface area (Å²) in [5.41, 5.74) is 2.04. The first-order chi connectivity index (χ1) is 12.5. The molecule has 0 amide bonds. The molecule has 1 heterocycles. The van der Waals surface area contributed by atoms with Crippen LogP contribution in [0.1, 0.15) is 30.5 Å². The minimum absolute atomic E-state index is 0.156. The summed E-state index contributed by atoms with van der Waals surface area (Å²) in [6.45, 7) is 6.15. The average molecular weight is 375 g/mol. The first kappa shape index (κ1) is 19.3. The molecule has 3 aromatic rings. The number of hydrogen-bond donors (Lipinski definition) is 0. The van der Waals surface area contributed by atoms with Crippen molar-refractivity contribution in [3.05, 3.63) is 65.0 Å². The fourth-order valence-corrected chi connectivity index (χ4v) is 3.30. The summed E-state index contributed by atoms with van der Waals surface area (Å²) < 4.78 is 54.8. The van der Waals surface area contributed by atoms with E-state index in [0.29, 0.717) is 16.8 Å². The van der Waals surface area contributed by atoms with Gasteiger partial charge in [0.15, 0.2) is 0 Å². The number of hydrogen-bond acceptors (Lipinski definition) is 1. The molecule has 0 unspecified atom stereocenters. The second-order valence-electron chi connectivity index (χ2n) is 7.74. The standard InChI is InChI=1S/C22H21F4N/c1-13-8-14(2)10-16(9-13)19-11-17(23)20-15(6-5-7-18(20)27-19)12-21(3,4)22(24,25)26/h5-11H,12H2,1-4H3. The van der Waals surface area contributed by atoms with Crippen molar-refractivity contribution in [3.8, 4) is 11.3 Å². The van der Waals surface area contributed by atoms with Gasteiger partial charge >= 0.3 is 6.18 Å². The third-order valence-corrected chi connectivity index (χ3v) is 4.79. The Balaban J connectivity index is 2.13. The van der Waals surface area contributed by atoms with Gasteiger partial charge in [-0.25, -0.2) is 9.37 Å². The maximum absolute atomic E-state index is 14.9. The second kappa shape index (κ2) is 6.63. The SMILES string of the molecule is Cc1cc(C)cc(-c2cc(F)c3c(CC(C)(C)C(F)(F)F)cccc3n2)c1. The van der Waals surface area contributed by atoms with Gasteiger partial charge in [-0.1, -0.05) is 43.2 Å². The van der Waals surface area contributed by atoms with Crippen LogP contribution in [0, 0.1) is 25.1 Å². The van der Waals surface area contributed by atoms with Crippen molar-refractivity contribution in [1.82, 2.24) is 4.98 Å². The van der Waals surface area contributed by atoms with E-state index < -0.39 is 17.4 Å². The lowest BCUT2D eigenvalue weighted by molar-refractivity contribution is -0.210. The van der Waals surface area contributed by atoms with Gasteiger partial charge in [0.1, 0.15) is 5.82 Å². The van der Waals surface area contributed by atoms with Gasteiger partial charge in [0.05, 0.1) is 16.6 Å². The van der Waals surface area contributed by atoms with Crippen LogP contribution in [0.25, 0.3) is 22.2 Å². The van der Waals surface area contributed by atoms with Crippen LogP contribution in [-0.2, 0) is 6.42 Å². The summed E-state index contributed by atoms with van der Waals surface area (Å²) in [5, 5.41) is 0.156. The normalized spacial score (nSPS) is 12.6. The summed E-state index contributed by atoms with van der Waals surface area (Å²) in [5.74, 6) is -0.553. The Morgan fingerprint density at radius 3 is 2.15 bits per heavy atom. The van der Waals surface area contributed by atoms with Crippen LogP contribution >= 0.6 is 0 Å². The Morgan fingerprint density at radius 2 is 1.56 bits per heavy atom. The Kier molecular flexibility index (Phi) is 4.74. The first-order valence-electron chi connectivity index (χ1n) is 8.71. The van der Waals surface area contributed by atoms with Gasteiger partial charge in [0.2, 0.25) is 0 Å². The number of nitrogens with zero attached hydrogens (tertiary/aromatic N) is 1. The van der Waals surface area contributed by atoms with E-state index in [9.17, 15) is 17.6 Å². The molecule has 0 aliphatic carbocycles. The Labute approximate surface area is 156 Å². The summed E-state index contributed by atoms with van der Waals surface area (Å²) in [6.07, 6.45) is -4.69. The van der Waals surface area contributed by atoms with Crippen molar-refractivity contribution in [2.45, 2.75) is 40.3 Å². The summed E-state index contributed by atoms with van der Waals surface area (Å²) in [6, 6.07) is 11.9. The van der Waals surface area contributed by atoms with E-state index in [2.05, 4.69) is 4.98 Å². The number of halogens is 4. The van der Waals surface area contributed by atoms with Gasteiger partial charge in [-0.2, -0.15) is 13.2 Å². The molecule has 0 saturated heterocycles. The highest BCUT2D eigenvalue weighted by atomic mass is 19.4. The van der Waals surface area contributed by atoms with E-state index in [1.807, 2.05) is 32.0 Å². The fraction of sp³-hybridized carbons (Fsp3) is 0.318. The molecule has 3 rings (SSSR count). The van der Waals surface area contributed by atoms with Gasteiger partial charge in [0.25, 0.3) is 0 Å². The van der Waals surface area contributed by atoms with E-state index in [1.165, 1.54) is 12.1 Å². The minimum atomic E-state index is -4.38. The molecule has 1 aromatic heterocycles. The number of alkyl halides is 3. The van der Waals surface area contributed by atoms with Crippen LogP contribution in [0.2, 0.25) is 0 Å². The molecule has 142 valence electrons. The van der Waals surface area contributed by atoms with Crippen molar-refractivity contribution < 1.29 is 17.6 Å². The quantitative estimate of drug-likeness (QED) is 0.459. The maximum atomic E-state index is 14.9. The lowest BCUT2D eigenvalue weighted by atomic mass is 9.84. The van der Waals surface area contributed by atoms with E-state index in [-0.39, 0.29) is 11.8 Å². The van der Waals surface area contributed by atoms with Gasteiger partial charge in [-0.15, -0.1) is 0 Å². The predicted molar refractivity (Wildman–Crippen MR) is 100 cm³/mol.